The molecule has 0 radical (unpaired) electrons. The molecule has 0 spiro atoms. The molecular formula is C24H26ClNO5. The van der Waals surface area contributed by atoms with Gasteiger partial charge in [0.1, 0.15) is 11.5 Å². The Morgan fingerprint density at radius 2 is 1.87 bits per heavy atom. The third kappa shape index (κ3) is 5.09. The van der Waals surface area contributed by atoms with Crippen LogP contribution < -0.4 is 4.74 Å². The number of aliphatic hydroxyl groups excluding tert-OH is 1. The van der Waals surface area contributed by atoms with Crippen LogP contribution in [0.5, 0.6) is 5.75 Å². The first-order chi connectivity index (χ1) is 15.0. The first-order valence-electron chi connectivity index (χ1n) is 10.2. The third-order valence-electron chi connectivity index (χ3n) is 5.13. The highest BCUT2D eigenvalue weighted by Crippen LogP contribution is 2.40. The lowest BCUT2D eigenvalue weighted by Crippen LogP contribution is -2.32. The number of rotatable bonds is 9. The van der Waals surface area contributed by atoms with Gasteiger partial charge in [-0.1, -0.05) is 37.1 Å². The van der Waals surface area contributed by atoms with Crippen molar-refractivity contribution >= 4 is 29.1 Å². The minimum atomic E-state index is -0.749. The molecule has 0 aromatic heterocycles. The van der Waals surface area contributed by atoms with Gasteiger partial charge in [0.15, 0.2) is 0 Å². The number of hydrogen-bond donors (Lipinski definition) is 1. The molecule has 1 unspecified atom stereocenters. The average Bonchev–Trinajstić information content (AvgIpc) is 3.03. The highest BCUT2D eigenvalue weighted by Gasteiger charge is 2.45. The van der Waals surface area contributed by atoms with Gasteiger partial charge in [0.05, 0.1) is 24.8 Å². The normalized spacial score (nSPS) is 17.9. The van der Waals surface area contributed by atoms with Crippen molar-refractivity contribution in [1.82, 2.24) is 4.90 Å². The number of Topliss-reactive ketones (excluding diaryl/α,β-unsaturated/α-hetero) is 1. The molecule has 1 fully saturated rings. The Labute approximate surface area is 187 Å². The number of ketones is 1. The Morgan fingerprint density at radius 1 is 1.13 bits per heavy atom. The van der Waals surface area contributed by atoms with Crippen molar-refractivity contribution in [3.63, 3.8) is 0 Å². The Bertz CT molecular complexity index is 970. The van der Waals surface area contributed by atoms with Crippen LogP contribution in [0.1, 0.15) is 36.9 Å². The number of carbonyl (C=O) groups is 2. The second kappa shape index (κ2) is 10.5. The number of hydrogen-bond acceptors (Lipinski definition) is 5. The van der Waals surface area contributed by atoms with E-state index in [1.165, 1.54) is 12.0 Å². The minimum absolute atomic E-state index is 0.0362. The van der Waals surface area contributed by atoms with Crippen LogP contribution in [0.2, 0.25) is 5.02 Å². The zero-order valence-corrected chi connectivity index (χ0v) is 18.4. The molecule has 1 aliphatic rings. The summed E-state index contributed by atoms with van der Waals surface area (Å²) < 4.78 is 10.9. The number of likely N-dealkylation sites (tertiary alicyclic amines) is 1. The van der Waals surface area contributed by atoms with Crippen molar-refractivity contribution in [3.8, 4) is 5.75 Å². The topological polar surface area (TPSA) is 76.1 Å². The van der Waals surface area contributed by atoms with E-state index in [1.807, 2.05) is 18.2 Å². The standard InChI is InChI=1S/C24H26ClNO5/c1-3-4-13-31-19-7-5-6-17(15-19)21-20(22(27)16-8-10-18(25)11-9-16)23(28)24(29)26(21)12-14-30-2/h5-11,15,21,27H,3-4,12-14H2,1-2H3. The Balaban J connectivity index is 2.07. The maximum absolute atomic E-state index is 12.9. The minimum Gasteiger partial charge on any atom is -0.507 e. The van der Waals surface area contributed by atoms with Crippen molar-refractivity contribution in [1.29, 1.82) is 0 Å². The highest BCUT2D eigenvalue weighted by molar-refractivity contribution is 6.46. The first kappa shape index (κ1) is 22.8. The van der Waals surface area contributed by atoms with Crippen LogP contribution in [0.3, 0.4) is 0 Å². The summed E-state index contributed by atoms with van der Waals surface area (Å²) in [6.45, 7) is 3.13. The van der Waals surface area contributed by atoms with Gasteiger partial charge in [0.25, 0.3) is 11.7 Å². The first-order valence-corrected chi connectivity index (χ1v) is 10.6. The van der Waals surface area contributed by atoms with Crippen LogP contribution in [0.25, 0.3) is 5.76 Å². The van der Waals surface area contributed by atoms with E-state index in [9.17, 15) is 14.7 Å². The molecule has 1 aliphatic heterocycles. The molecule has 3 rings (SSSR count). The molecule has 0 saturated carbocycles. The zero-order valence-electron chi connectivity index (χ0n) is 17.6. The molecule has 1 heterocycles. The van der Waals surface area contributed by atoms with Gasteiger partial charge in [-0.3, -0.25) is 9.59 Å². The number of aliphatic hydroxyl groups is 1. The lowest BCUT2D eigenvalue weighted by atomic mass is 9.95. The molecule has 1 N–H and O–H groups in total. The van der Waals surface area contributed by atoms with E-state index in [2.05, 4.69) is 6.92 Å². The number of benzene rings is 2. The largest absolute Gasteiger partial charge is 0.507 e. The molecule has 0 aliphatic carbocycles. The number of nitrogens with zero attached hydrogens (tertiary/aromatic N) is 1. The van der Waals surface area contributed by atoms with Gasteiger partial charge in [-0.15, -0.1) is 0 Å². The molecule has 7 heteroatoms. The van der Waals surface area contributed by atoms with Crippen LogP contribution in [-0.4, -0.2) is 48.6 Å². The molecule has 2 aromatic rings. The highest BCUT2D eigenvalue weighted by atomic mass is 35.5. The van der Waals surface area contributed by atoms with Crippen molar-refractivity contribution in [2.75, 3.05) is 26.9 Å². The van der Waals surface area contributed by atoms with E-state index in [0.717, 1.165) is 12.8 Å². The lowest BCUT2D eigenvalue weighted by Gasteiger charge is -2.25. The number of unbranched alkanes of at least 4 members (excludes halogenated alkanes) is 1. The van der Waals surface area contributed by atoms with Gasteiger partial charge in [0, 0.05) is 24.2 Å². The second-order valence-electron chi connectivity index (χ2n) is 7.27. The van der Waals surface area contributed by atoms with Crippen LogP contribution >= 0.6 is 11.6 Å². The van der Waals surface area contributed by atoms with Crippen molar-refractivity contribution in [3.05, 3.63) is 70.3 Å². The van der Waals surface area contributed by atoms with Gasteiger partial charge in [-0.05, 0) is 48.4 Å². The predicted octanol–water partition coefficient (Wildman–Crippen LogP) is 4.59. The molecule has 2 aromatic carbocycles. The fourth-order valence-electron chi connectivity index (χ4n) is 3.52. The maximum Gasteiger partial charge on any atom is 0.295 e. The summed E-state index contributed by atoms with van der Waals surface area (Å²) in [7, 11) is 1.53. The van der Waals surface area contributed by atoms with E-state index in [1.54, 1.807) is 30.3 Å². The quantitative estimate of drug-likeness (QED) is 0.265. The molecule has 31 heavy (non-hydrogen) atoms. The van der Waals surface area contributed by atoms with Crippen molar-refractivity contribution in [2.24, 2.45) is 0 Å². The van der Waals surface area contributed by atoms with E-state index < -0.39 is 17.7 Å². The molecule has 1 atom stereocenters. The number of carbonyl (C=O) groups excluding carboxylic acids is 2. The molecule has 1 amide bonds. The number of methoxy groups -OCH3 is 1. The van der Waals surface area contributed by atoms with Gasteiger partial charge < -0.3 is 19.5 Å². The summed E-state index contributed by atoms with van der Waals surface area (Å²) in [6.07, 6.45) is 1.94. The van der Waals surface area contributed by atoms with Gasteiger partial charge in [-0.2, -0.15) is 0 Å². The van der Waals surface area contributed by atoms with E-state index in [-0.39, 0.29) is 24.5 Å². The van der Waals surface area contributed by atoms with Crippen molar-refractivity contribution in [2.45, 2.75) is 25.8 Å². The van der Waals surface area contributed by atoms with Crippen LogP contribution in [-0.2, 0) is 14.3 Å². The smallest absolute Gasteiger partial charge is 0.295 e. The summed E-state index contributed by atoms with van der Waals surface area (Å²) >= 11 is 5.95. The Kier molecular flexibility index (Phi) is 7.71. The summed E-state index contributed by atoms with van der Waals surface area (Å²) in [4.78, 5) is 27.2. The number of amides is 1. The van der Waals surface area contributed by atoms with Gasteiger partial charge in [0.2, 0.25) is 0 Å². The van der Waals surface area contributed by atoms with Crippen LogP contribution in [0, 0.1) is 0 Å². The van der Waals surface area contributed by atoms with Crippen LogP contribution in [0.15, 0.2) is 54.1 Å². The monoisotopic (exact) mass is 443 g/mol. The van der Waals surface area contributed by atoms with E-state index in [4.69, 9.17) is 21.1 Å². The molecule has 6 nitrogen and oxygen atoms in total. The van der Waals surface area contributed by atoms with E-state index >= 15 is 0 Å². The van der Waals surface area contributed by atoms with Gasteiger partial charge in [-0.25, -0.2) is 0 Å². The summed E-state index contributed by atoms with van der Waals surface area (Å²) in [6, 6.07) is 13.0. The summed E-state index contributed by atoms with van der Waals surface area (Å²) in [5.74, 6) is -0.993. The molecule has 164 valence electrons. The summed E-state index contributed by atoms with van der Waals surface area (Å²) in [5.41, 5.74) is 1.13. The Hall–Kier alpha value is -2.83. The van der Waals surface area contributed by atoms with Crippen LogP contribution in [0.4, 0.5) is 0 Å². The fourth-order valence-corrected chi connectivity index (χ4v) is 3.64. The van der Waals surface area contributed by atoms with E-state index in [0.29, 0.717) is 28.5 Å². The fraction of sp³-hybridized carbons (Fsp3) is 0.333. The average molecular weight is 444 g/mol. The van der Waals surface area contributed by atoms with Crippen molar-refractivity contribution < 1.29 is 24.2 Å². The third-order valence-corrected chi connectivity index (χ3v) is 5.39. The zero-order chi connectivity index (χ0) is 22.4. The number of halogens is 1. The summed E-state index contributed by atoms with van der Waals surface area (Å²) in [5, 5.41) is 11.5. The number of ether oxygens (including phenoxy) is 2. The SMILES string of the molecule is CCCCOc1cccc(C2C(=C(O)c3ccc(Cl)cc3)C(=O)C(=O)N2CCOC)c1. The predicted molar refractivity (Wildman–Crippen MR) is 119 cm³/mol. The second-order valence-corrected chi connectivity index (χ2v) is 7.70. The molecular weight excluding hydrogens is 418 g/mol. The molecule has 0 bridgehead atoms. The molecule has 1 saturated heterocycles. The maximum atomic E-state index is 12.9. The van der Waals surface area contributed by atoms with Gasteiger partial charge >= 0.3 is 0 Å². The Morgan fingerprint density at radius 3 is 2.55 bits per heavy atom. The lowest BCUT2D eigenvalue weighted by molar-refractivity contribution is -0.140.